The maximum absolute atomic E-state index is 11.9. The second-order valence-corrected chi connectivity index (χ2v) is 4.89. The Morgan fingerprint density at radius 2 is 1.79 bits per heavy atom. The fourth-order valence-electron chi connectivity index (χ4n) is 1.56. The molecule has 0 saturated heterocycles. The lowest BCUT2D eigenvalue weighted by Crippen LogP contribution is -2.14. The van der Waals surface area contributed by atoms with E-state index in [0.29, 0.717) is 10.6 Å². The lowest BCUT2D eigenvalue weighted by Gasteiger charge is -2.06. The molecule has 2 rings (SSSR count). The number of nitrogens with one attached hydrogen (secondary N) is 1. The molecule has 0 saturated carbocycles. The van der Waals surface area contributed by atoms with Crippen molar-refractivity contribution in [3.05, 3.63) is 55.4 Å². The van der Waals surface area contributed by atoms with Crippen LogP contribution in [-0.2, 0) is 0 Å². The van der Waals surface area contributed by atoms with Crippen LogP contribution in [0, 0.1) is 0 Å². The minimum absolute atomic E-state index is 0.180. The Morgan fingerprint density at radius 1 is 1.11 bits per heavy atom. The number of rotatable bonds is 2. The highest BCUT2D eigenvalue weighted by Crippen LogP contribution is 2.35. The molecule has 1 heterocycles. The number of aromatic carboxylic acids is 1. The molecular weight excluding hydrogens is 312 g/mol. The van der Waals surface area contributed by atoms with Crippen molar-refractivity contribution in [2.75, 3.05) is 0 Å². The van der Waals surface area contributed by atoms with Crippen LogP contribution in [0.1, 0.15) is 10.5 Å². The van der Waals surface area contributed by atoms with Crippen LogP contribution in [0.3, 0.4) is 0 Å². The van der Waals surface area contributed by atoms with Gasteiger partial charge < -0.3 is 10.1 Å². The van der Waals surface area contributed by atoms with Gasteiger partial charge in [-0.3, -0.25) is 4.79 Å². The summed E-state index contributed by atoms with van der Waals surface area (Å²) in [4.78, 5) is 24.8. The third kappa shape index (κ3) is 2.76. The number of hydrogen-bond donors (Lipinski definition) is 2. The van der Waals surface area contributed by atoms with Crippen molar-refractivity contribution in [1.82, 2.24) is 4.98 Å². The second kappa shape index (κ2) is 5.25. The van der Waals surface area contributed by atoms with Gasteiger partial charge in [0.25, 0.3) is 5.56 Å². The van der Waals surface area contributed by atoms with Crippen molar-refractivity contribution in [3.8, 4) is 11.1 Å². The van der Waals surface area contributed by atoms with Gasteiger partial charge in [0.1, 0.15) is 5.69 Å². The zero-order valence-electron chi connectivity index (χ0n) is 9.21. The quantitative estimate of drug-likeness (QED) is 0.829. The molecule has 98 valence electrons. The van der Waals surface area contributed by atoms with Crippen molar-refractivity contribution in [3.63, 3.8) is 0 Å². The van der Waals surface area contributed by atoms with E-state index >= 15 is 0 Å². The second-order valence-electron chi connectivity index (χ2n) is 3.67. The summed E-state index contributed by atoms with van der Waals surface area (Å²) in [6.07, 6.45) is 0. The number of benzene rings is 1. The molecule has 0 aliphatic heterocycles. The minimum atomic E-state index is -1.22. The van der Waals surface area contributed by atoms with Gasteiger partial charge in [-0.15, -0.1) is 0 Å². The van der Waals surface area contributed by atoms with E-state index in [0.717, 1.165) is 0 Å². The molecule has 0 fully saturated rings. The highest BCUT2D eigenvalue weighted by atomic mass is 35.5. The van der Waals surface area contributed by atoms with Crippen molar-refractivity contribution in [2.24, 2.45) is 0 Å². The van der Waals surface area contributed by atoms with Crippen LogP contribution in [0.15, 0.2) is 29.1 Å². The molecule has 1 aromatic heterocycles. The lowest BCUT2D eigenvalue weighted by molar-refractivity contribution is 0.0690. The normalized spacial score (nSPS) is 10.5. The van der Waals surface area contributed by atoms with E-state index < -0.39 is 11.5 Å². The molecule has 7 heteroatoms. The first-order chi connectivity index (χ1) is 8.90. The molecule has 0 amide bonds. The van der Waals surface area contributed by atoms with Gasteiger partial charge in [0.15, 0.2) is 0 Å². The monoisotopic (exact) mass is 317 g/mol. The summed E-state index contributed by atoms with van der Waals surface area (Å²) in [6, 6.07) is 5.57. The Bertz CT molecular complexity index is 725. The van der Waals surface area contributed by atoms with Crippen molar-refractivity contribution in [2.45, 2.75) is 0 Å². The summed E-state index contributed by atoms with van der Waals surface area (Å²) in [5.41, 5.74) is -0.255. The SMILES string of the molecule is O=C(O)c1ccc(-c2cc(Cl)cc(Cl)c2Cl)c(=O)[nH]1. The summed E-state index contributed by atoms with van der Waals surface area (Å²) in [7, 11) is 0. The number of carboxylic acid groups (broad SMARTS) is 1. The van der Waals surface area contributed by atoms with Crippen LogP contribution in [-0.4, -0.2) is 16.1 Å². The van der Waals surface area contributed by atoms with Crippen LogP contribution < -0.4 is 5.56 Å². The van der Waals surface area contributed by atoms with E-state index in [2.05, 4.69) is 4.98 Å². The summed E-state index contributed by atoms with van der Waals surface area (Å²) in [5, 5.41) is 9.49. The van der Waals surface area contributed by atoms with Gasteiger partial charge in [-0.2, -0.15) is 0 Å². The van der Waals surface area contributed by atoms with Crippen LogP contribution >= 0.6 is 34.8 Å². The molecular formula is C12H6Cl3NO3. The Hall–Kier alpha value is -1.49. The van der Waals surface area contributed by atoms with Crippen LogP contribution in [0.5, 0.6) is 0 Å². The van der Waals surface area contributed by atoms with Gasteiger partial charge in [0, 0.05) is 16.1 Å². The third-order valence-electron chi connectivity index (χ3n) is 2.42. The van der Waals surface area contributed by atoms with Crippen molar-refractivity contribution < 1.29 is 9.90 Å². The van der Waals surface area contributed by atoms with Crippen molar-refractivity contribution in [1.29, 1.82) is 0 Å². The largest absolute Gasteiger partial charge is 0.477 e. The molecule has 1 aromatic carbocycles. The topological polar surface area (TPSA) is 70.2 Å². The van der Waals surface area contributed by atoms with E-state index in [4.69, 9.17) is 39.9 Å². The first-order valence-electron chi connectivity index (χ1n) is 5.01. The first kappa shape index (κ1) is 13.9. The molecule has 0 aliphatic carbocycles. The molecule has 0 aliphatic rings. The van der Waals surface area contributed by atoms with Gasteiger partial charge >= 0.3 is 5.97 Å². The molecule has 0 radical (unpaired) electrons. The maximum atomic E-state index is 11.9. The number of H-pyrrole nitrogens is 1. The van der Waals surface area contributed by atoms with Crippen molar-refractivity contribution >= 4 is 40.8 Å². The van der Waals surface area contributed by atoms with E-state index in [1.165, 1.54) is 24.3 Å². The van der Waals surface area contributed by atoms with Gasteiger partial charge in [-0.1, -0.05) is 34.8 Å². The molecule has 0 atom stereocenters. The van der Waals surface area contributed by atoms with Gasteiger partial charge in [-0.05, 0) is 24.3 Å². The molecule has 4 nitrogen and oxygen atoms in total. The van der Waals surface area contributed by atoms with E-state index in [1.54, 1.807) is 0 Å². The highest BCUT2D eigenvalue weighted by molar-refractivity contribution is 6.45. The van der Waals surface area contributed by atoms with Gasteiger partial charge in [-0.25, -0.2) is 4.79 Å². The Labute approximate surface area is 122 Å². The summed E-state index contributed by atoms with van der Waals surface area (Å²) in [6.45, 7) is 0. The Balaban J connectivity index is 2.67. The predicted octanol–water partition coefficient (Wildman–Crippen LogP) is 3.70. The molecule has 0 unspecified atom stereocenters. The number of hydrogen-bond acceptors (Lipinski definition) is 2. The van der Waals surface area contributed by atoms with Crippen LogP contribution in [0.2, 0.25) is 15.1 Å². The van der Waals surface area contributed by atoms with E-state index in [1.807, 2.05) is 0 Å². The molecule has 2 N–H and O–H groups in total. The number of carbonyl (C=O) groups is 1. The fourth-order valence-corrected chi connectivity index (χ4v) is 2.27. The zero-order chi connectivity index (χ0) is 14.2. The maximum Gasteiger partial charge on any atom is 0.352 e. The van der Waals surface area contributed by atoms with Gasteiger partial charge in [0.05, 0.1) is 10.0 Å². The lowest BCUT2D eigenvalue weighted by atomic mass is 10.1. The highest BCUT2D eigenvalue weighted by Gasteiger charge is 2.14. The average molecular weight is 319 g/mol. The first-order valence-corrected chi connectivity index (χ1v) is 6.15. The third-order valence-corrected chi connectivity index (χ3v) is 3.44. The predicted molar refractivity (Wildman–Crippen MR) is 74.5 cm³/mol. The molecule has 0 spiro atoms. The Kier molecular flexibility index (Phi) is 3.85. The molecule has 19 heavy (non-hydrogen) atoms. The number of pyridine rings is 1. The Morgan fingerprint density at radius 3 is 2.37 bits per heavy atom. The minimum Gasteiger partial charge on any atom is -0.477 e. The zero-order valence-corrected chi connectivity index (χ0v) is 11.5. The summed E-state index contributed by atoms with van der Waals surface area (Å²) >= 11 is 17.8. The van der Waals surface area contributed by atoms with Gasteiger partial charge in [0.2, 0.25) is 0 Å². The smallest absolute Gasteiger partial charge is 0.352 e. The standard InChI is InChI=1S/C12H6Cl3NO3/c13-5-3-7(10(15)8(14)4-5)6-1-2-9(12(18)19)16-11(6)17/h1-4H,(H,16,17)(H,18,19). The molecule has 2 aromatic rings. The number of aromatic amines is 1. The number of carboxylic acids is 1. The summed E-state index contributed by atoms with van der Waals surface area (Å²) in [5.74, 6) is -1.22. The van der Waals surface area contributed by atoms with E-state index in [-0.39, 0.29) is 21.3 Å². The number of halogens is 3. The fraction of sp³-hybridized carbons (Fsp3) is 0. The van der Waals surface area contributed by atoms with E-state index in [9.17, 15) is 9.59 Å². The molecule has 0 bridgehead atoms. The van der Waals surface area contributed by atoms with Crippen LogP contribution in [0.25, 0.3) is 11.1 Å². The average Bonchev–Trinajstić information content (AvgIpc) is 2.33. The number of aromatic nitrogens is 1. The summed E-state index contributed by atoms with van der Waals surface area (Å²) < 4.78 is 0. The van der Waals surface area contributed by atoms with Crippen LogP contribution in [0.4, 0.5) is 0 Å².